The third-order valence-corrected chi connectivity index (χ3v) is 3.28. The van der Waals surface area contributed by atoms with Crippen molar-refractivity contribution in [3.63, 3.8) is 0 Å². The molecule has 2 rings (SSSR count). The summed E-state index contributed by atoms with van der Waals surface area (Å²) in [5, 5.41) is 6.69. The van der Waals surface area contributed by atoms with Gasteiger partial charge in [-0.25, -0.2) is 0 Å². The predicted molar refractivity (Wildman–Crippen MR) is 83.2 cm³/mol. The molecule has 0 fully saturated rings. The summed E-state index contributed by atoms with van der Waals surface area (Å²) < 4.78 is 5.17. The minimum absolute atomic E-state index is 0. The van der Waals surface area contributed by atoms with Crippen molar-refractivity contribution in [2.45, 2.75) is 6.42 Å². The monoisotopic (exact) mass is 316 g/mol. The van der Waals surface area contributed by atoms with Crippen LogP contribution in [0.3, 0.4) is 0 Å². The molecule has 1 aromatic carbocycles. The molecule has 0 radical (unpaired) electrons. The van der Waals surface area contributed by atoms with Gasteiger partial charge in [0.2, 0.25) is 0 Å². The summed E-state index contributed by atoms with van der Waals surface area (Å²) in [5.41, 5.74) is 1.75. The molecule has 4 nitrogen and oxygen atoms in total. The molecule has 0 saturated carbocycles. The largest absolute Gasteiger partial charge is 0.496 e. The predicted octanol–water partition coefficient (Wildman–Crippen LogP) is 2.42. The lowest BCUT2D eigenvalue weighted by molar-refractivity contribution is 0.0953. The molecule has 110 valence electrons. The van der Waals surface area contributed by atoms with Gasteiger partial charge in [0.05, 0.1) is 12.7 Å². The van der Waals surface area contributed by atoms with Crippen molar-refractivity contribution < 1.29 is 9.53 Å². The Morgan fingerprint density at radius 2 is 2.30 bits per heavy atom. The fourth-order valence-electron chi connectivity index (χ4n) is 1.97. The zero-order valence-corrected chi connectivity index (χ0v) is 12.8. The van der Waals surface area contributed by atoms with Gasteiger partial charge in [-0.05, 0) is 31.2 Å². The molecule has 0 aromatic heterocycles. The van der Waals surface area contributed by atoms with Gasteiger partial charge in [-0.1, -0.05) is 23.3 Å². The second-order valence-corrected chi connectivity index (χ2v) is 4.78. The Kier molecular flexibility index (Phi) is 6.85. The van der Waals surface area contributed by atoms with E-state index < -0.39 is 0 Å². The molecule has 0 saturated heterocycles. The fraction of sp³-hybridized carbons (Fsp3) is 0.357. The normalized spacial score (nSPS) is 14.0. The van der Waals surface area contributed by atoms with Crippen LogP contribution in [-0.2, 0) is 0 Å². The summed E-state index contributed by atoms with van der Waals surface area (Å²) in [4.78, 5) is 12.1. The quantitative estimate of drug-likeness (QED) is 0.839. The van der Waals surface area contributed by atoms with Gasteiger partial charge in [0, 0.05) is 18.1 Å². The second kappa shape index (κ2) is 8.15. The molecule has 0 spiro atoms. The number of rotatable bonds is 4. The Morgan fingerprint density at radius 1 is 1.50 bits per heavy atom. The van der Waals surface area contributed by atoms with E-state index in [9.17, 15) is 4.79 Å². The maximum Gasteiger partial charge on any atom is 0.255 e. The van der Waals surface area contributed by atoms with Crippen molar-refractivity contribution in [1.29, 1.82) is 0 Å². The molecule has 1 heterocycles. The third-order valence-electron chi connectivity index (χ3n) is 3.04. The molecular weight excluding hydrogens is 299 g/mol. The van der Waals surface area contributed by atoms with Crippen LogP contribution < -0.4 is 15.4 Å². The molecule has 0 atom stereocenters. The molecule has 0 aliphatic carbocycles. The number of hydrogen-bond donors (Lipinski definition) is 2. The summed E-state index contributed by atoms with van der Waals surface area (Å²) in [7, 11) is 1.53. The molecule has 1 amide bonds. The topological polar surface area (TPSA) is 50.4 Å². The highest BCUT2D eigenvalue weighted by molar-refractivity contribution is 6.30. The maximum absolute atomic E-state index is 12.1. The minimum atomic E-state index is -0.145. The Hall–Kier alpha value is -1.23. The first kappa shape index (κ1) is 16.8. The highest BCUT2D eigenvalue weighted by Gasteiger charge is 2.13. The lowest BCUT2D eigenvalue weighted by atomic mass is 10.1. The van der Waals surface area contributed by atoms with Crippen LogP contribution in [0.15, 0.2) is 29.8 Å². The highest BCUT2D eigenvalue weighted by atomic mass is 35.5. The number of halogens is 2. The number of ether oxygens (including phenoxy) is 1. The van der Waals surface area contributed by atoms with Crippen molar-refractivity contribution in [3.05, 3.63) is 40.4 Å². The van der Waals surface area contributed by atoms with E-state index in [1.165, 1.54) is 12.7 Å². The van der Waals surface area contributed by atoms with E-state index in [0.29, 0.717) is 22.9 Å². The van der Waals surface area contributed by atoms with Crippen LogP contribution in [0.25, 0.3) is 0 Å². The van der Waals surface area contributed by atoms with Gasteiger partial charge < -0.3 is 15.4 Å². The van der Waals surface area contributed by atoms with E-state index in [1.807, 2.05) is 0 Å². The van der Waals surface area contributed by atoms with Crippen LogP contribution in [0.1, 0.15) is 16.8 Å². The van der Waals surface area contributed by atoms with E-state index >= 15 is 0 Å². The second-order valence-electron chi connectivity index (χ2n) is 4.34. The lowest BCUT2D eigenvalue weighted by Gasteiger charge is -2.15. The first-order valence-electron chi connectivity index (χ1n) is 6.21. The van der Waals surface area contributed by atoms with Crippen LogP contribution in [-0.4, -0.2) is 32.7 Å². The van der Waals surface area contributed by atoms with Gasteiger partial charge in [0.1, 0.15) is 5.75 Å². The Bertz CT molecular complexity index is 504. The van der Waals surface area contributed by atoms with Crippen LogP contribution in [0.4, 0.5) is 0 Å². The van der Waals surface area contributed by atoms with E-state index in [1.54, 1.807) is 18.2 Å². The minimum Gasteiger partial charge on any atom is -0.496 e. The molecule has 1 aliphatic heterocycles. The summed E-state index contributed by atoms with van der Waals surface area (Å²) in [6.45, 7) is 2.41. The van der Waals surface area contributed by atoms with E-state index in [2.05, 4.69) is 16.7 Å². The zero-order valence-electron chi connectivity index (χ0n) is 11.2. The summed E-state index contributed by atoms with van der Waals surface area (Å²) in [6, 6.07) is 5.00. The number of hydrogen-bond acceptors (Lipinski definition) is 3. The number of benzene rings is 1. The number of carbonyl (C=O) groups is 1. The first-order valence-corrected chi connectivity index (χ1v) is 6.59. The van der Waals surface area contributed by atoms with Crippen molar-refractivity contribution in [1.82, 2.24) is 10.6 Å². The van der Waals surface area contributed by atoms with Gasteiger partial charge in [-0.2, -0.15) is 0 Å². The van der Waals surface area contributed by atoms with Gasteiger partial charge in [-0.15, -0.1) is 12.4 Å². The Morgan fingerprint density at radius 3 is 2.95 bits per heavy atom. The molecule has 1 aromatic rings. The number of methoxy groups -OCH3 is 1. The maximum atomic E-state index is 12.1. The van der Waals surface area contributed by atoms with E-state index in [0.717, 1.165) is 19.5 Å². The van der Waals surface area contributed by atoms with Gasteiger partial charge in [-0.3, -0.25) is 4.79 Å². The summed E-state index contributed by atoms with van der Waals surface area (Å²) >= 11 is 5.87. The van der Waals surface area contributed by atoms with Crippen LogP contribution in [0.5, 0.6) is 5.75 Å². The van der Waals surface area contributed by atoms with Gasteiger partial charge >= 0.3 is 0 Å². The number of amides is 1. The molecule has 20 heavy (non-hydrogen) atoms. The van der Waals surface area contributed by atoms with Crippen molar-refractivity contribution >= 4 is 29.9 Å². The summed E-state index contributed by atoms with van der Waals surface area (Å²) in [6.07, 6.45) is 3.08. The molecule has 2 N–H and O–H groups in total. The zero-order chi connectivity index (χ0) is 13.7. The lowest BCUT2D eigenvalue weighted by Crippen LogP contribution is -2.29. The smallest absolute Gasteiger partial charge is 0.255 e. The van der Waals surface area contributed by atoms with Crippen LogP contribution in [0.2, 0.25) is 5.02 Å². The van der Waals surface area contributed by atoms with Crippen molar-refractivity contribution in [2.75, 3.05) is 26.7 Å². The Balaban J connectivity index is 0.00000200. The Labute approximate surface area is 129 Å². The van der Waals surface area contributed by atoms with E-state index in [-0.39, 0.29) is 18.3 Å². The molecule has 0 unspecified atom stereocenters. The van der Waals surface area contributed by atoms with Gasteiger partial charge in [0.15, 0.2) is 0 Å². The van der Waals surface area contributed by atoms with Crippen LogP contribution in [0, 0.1) is 0 Å². The number of nitrogens with one attached hydrogen (secondary N) is 2. The fourth-order valence-corrected chi connectivity index (χ4v) is 2.13. The molecular formula is C14H18Cl2N2O2. The molecule has 0 bridgehead atoms. The van der Waals surface area contributed by atoms with E-state index in [4.69, 9.17) is 16.3 Å². The third kappa shape index (κ3) is 4.40. The van der Waals surface area contributed by atoms with Crippen molar-refractivity contribution in [3.8, 4) is 5.75 Å². The number of carbonyl (C=O) groups excluding carboxylic acids is 1. The summed E-state index contributed by atoms with van der Waals surface area (Å²) in [5.74, 6) is 0.345. The average Bonchev–Trinajstić information content (AvgIpc) is 2.45. The molecule has 1 aliphatic rings. The SMILES string of the molecule is COc1cc(Cl)ccc1C(=O)NCC1=CCNCC1.Cl. The van der Waals surface area contributed by atoms with Crippen molar-refractivity contribution in [2.24, 2.45) is 0 Å². The first-order chi connectivity index (χ1) is 9.20. The van der Waals surface area contributed by atoms with Crippen LogP contribution >= 0.6 is 24.0 Å². The van der Waals surface area contributed by atoms with Gasteiger partial charge in [0.25, 0.3) is 5.91 Å². The average molecular weight is 317 g/mol. The standard InChI is InChI=1S/C14H17ClN2O2.ClH/c1-19-13-8-11(15)2-3-12(13)14(18)17-9-10-4-6-16-7-5-10;/h2-4,8,16H,5-7,9H2,1H3,(H,17,18);1H. The highest BCUT2D eigenvalue weighted by Crippen LogP contribution is 2.23. The molecule has 6 heteroatoms.